The first-order valence-corrected chi connectivity index (χ1v) is 9.29. The molecular weight excluding hydrogens is 370 g/mol. The minimum absolute atomic E-state index is 0.117. The predicted molar refractivity (Wildman–Crippen MR) is 101 cm³/mol. The van der Waals surface area contributed by atoms with E-state index in [-0.39, 0.29) is 11.7 Å². The van der Waals surface area contributed by atoms with Crippen LogP contribution in [0, 0.1) is 6.92 Å². The number of esters is 2. The van der Waals surface area contributed by atoms with Crippen LogP contribution in [0.4, 0.5) is 0 Å². The van der Waals surface area contributed by atoms with Crippen molar-refractivity contribution in [2.24, 2.45) is 0 Å². The van der Waals surface area contributed by atoms with Crippen molar-refractivity contribution >= 4 is 29.6 Å². The molecule has 1 N–H and O–H groups in total. The molecule has 0 aliphatic carbocycles. The van der Waals surface area contributed by atoms with Crippen molar-refractivity contribution in [2.75, 3.05) is 20.0 Å². The summed E-state index contributed by atoms with van der Waals surface area (Å²) in [6.45, 7) is 2.06. The van der Waals surface area contributed by atoms with Crippen molar-refractivity contribution in [2.45, 2.75) is 19.2 Å². The van der Waals surface area contributed by atoms with E-state index >= 15 is 0 Å². The maximum atomic E-state index is 11.9. The van der Waals surface area contributed by atoms with E-state index in [1.165, 1.54) is 26.0 Å². The number of ether oxygens (including phenoxy) is 2. The molecule has 0 unspecified atom stereocenters. The number of benzene rings is 1. The lowest BCUT2D eigenvalue weighted by Gasteiger charge is -2.06. The lowest BCUT2D eigenvalue weighted by molar-refractivity contribution is -0.118. The van der Waals surface area contributed by atoms with Gasteiger partial charge in [0.1, 0.15) is 17.1 Å². The topological polar surface area (TPSA) is 94.8 Å². The maximum absolute atomic E-state index is 11.9. The number of hydrogen-bond donors (Lipinski definition) is 1. The van der Waals surface area contributed by atoms with E-state index in [1.54, 1.807) is 37.3 Å². The quantitative estimate of drug-likeness (QED) is 0.691. The number of methoxy groups -OCH3 is 2. The van der Waals surface area contributed by atoms with Crippen molar-refractivity contribution in [3.05, 3.63) is 58.5 Å². The number of nitrogens with one attached hydrogen (secondary N) is 1. The van der Waals surface area contributed by atoms with Gasteiger partial charge in [0.25, 0.3) is 0 Å². The standard InChI is InChI=1S/C19H21NO6S/c1-12-16(19(23)25-3)8-15(26-12)10-27-11-17(21)20-9-13-4-6-14(7-5-13)18(22)24-2/h4-8H,9-11H2,1-3H3,(H,20,21). The monoisotopic (exact) mass is 391 g/mol. The minimum Gasteiger partial charge on any atom is -0.465 e. The van der Waals surface area contributed by atoms with Crippen LogP contribution < -0.4 is 5.32 Å². The molecule has 7 nitrogen and oxygen atoms in total. The molecule has 2 aromatic rings. The van der Waals surface area contributed by atoms with Gasteiger partial charge >= 0.3 is 11.9 Å². The van der Waals surface area contributed by atoms with Gasteiger partial charge in [0.2, 0.25) is 5.91 Å². The second kappa shape index (κ2) is 9.82. The van der Waals surface area contributed by atoms with Crippen LogP contribution in [-0.2, 0) is 26.6 Å². The molecule has 0 spiro atoms. The average molecular weight is 391 g/mol. The van der Waals surface area contributed by atoms with Crippen LogP contribution in [0.15, 0.2) is 34.7 Å². The first kappa shape index (κ1) is 20.6. The van der Waals surface area contributed by atoms with E-state index in [9.17, 15) is 14.4 Å². The molecule has 0 saturated heterocycles. The Hall–Kier alpha value is -2.74. The fraction of sp³-hybridized carbons (Fsp3) is 0.316. The number of thioether (sulfide) groups is 1. The number of furan rings is 1. The summed E-state index contributed by atoms with van der Waals surface area (Å²) in [6.07, 6.45) is 0. The van der Waals surface area contributed by atoms with Crippen molar-refractivity contribution in [3.8, 4) is 0 Å². The summed E-state index contributed by atoms with van der Waals surface area (Å²) in [7, 11) is 2.64. The van der Waals surface area contributed by atoms with Gasteiger partial charge < -0.3 is 19.2 Å². The summed E-state index contributed by atoms with van der Waals surface area (Å²) < 4.78 is 14.8. The molecule has 2 rings (SSSR count). The van der Waals surface area contributed by atoms with Crippen LogP contribution in [0.3, 0.4) is 0 Å². The Morgan fingerprint density at radius 2 is 1.74 bits per heavy atom. The number of amides is 1. The van der Waals surface area contributed by atoms with E-state index in [1.807, 2.05) is 0 Å². The number of hydrogen-bond acceptors (Lipinski definition) is 7. The Labute approximate surface area is 161 Å². The lowest BCUT2D eigenvalue weighted by Crippen LogP contribution is -2.24. The van der Waals surface area contributed by atoms with Gasteiger partial charge in [-0.2, -0.15) is 0 Å². The van der Waals surface area contributed by atoms with Gasteiger partial charge in [-0.15, -0.1) is 11.8 Å². The number of carbonyl (C=O) groups excluding carboxylic acids is 3. The Morgan fingerprint density at radius 1 is 1.07 bits per heavy atom. The van der Waals surface area contributed by atoms with Gasteiger partial charge in [0, 0.05) is 6.54 Å². The molecule has 0 aliphatic rings. The van der Waals surface area contributed by atoms with Crippen LogP contribution in [-0.4, -0.2) is 37.8 Å². The van der Waals surface area contributed by atoms with Crippen LogP contribution >= 0.6 is 11.8 Å². The molecule has 0 bridgehead atoms. The first-order chi connectivity index (χ1) is 12.9. The highest BCUT2D eigenvalue weighted by molar-refractivity contribution is 7.99. The number of rotatable bonds is 8. The largest absolute Gasteiger partial charge is 0.465 e. The van der Waals surface area contributed by atoms with Gasteiger partial charge in [0.05, 0.1) is 31.3 Å². The fourth-order valence-corrected chi connectivity index (χ4v) is 3.03. The SMILES string of the molecule is COC(=O)c1ccc(CNC(=O)CSCc2cc(C(=O)OC)c(C)o2)cc1. The minimum atomic E-state index is -0.441. The molecule has 8 heteroatoms. The zero-order chi connectivity index (χ0) is 19.8. The predicted octanol–water partition coefficient (Wildman–Crippen LogP) is 2.71. The van der Waals surface area contributed by atoms with Gasteiger partial charge in [0.15, 0.2) is 0 Å². The van der Waals surface area contributed by atoms with Crippen LogP contribution in [0.1, 0.15) is 37.8 Å². The maximum Gasteiger partial charge on any atom is 0.341 e. The normalized spacial score (nSPS) is 10.3. The van der Waals surface area contributed by atoms with E-state index in [0.29, 0.717) is 34.9 Å². The molecule has 1 heterocycles. The van der Waals surface area contributed by atoms with Gasteiger partial charge in [-0.1, -0.05) is 12.1 Å². The zero-order valence-electron chi connectivity index (χ0n) is 15.4. The van der Waals surface area contributed by atoms with E-state index in [2.05, 4.69) is 14.8 Å². The highest BCUT2D eigenvalue weighted by Crippen LogP contribution is 2.20. The van der Waals surface area contributed by atoms with E-state index in [4.69, 9.17) is 4.42 Å². The lowest BCUT2D eigenvalue weighted by atomic mass is 10.1. The van der Waals surface area contributed by atoms with Crippen LogP contribution in [0.25, 0.3) is 0 Å². The summed E-state index contributed by atoms with van der Waals surface area (Å²) in [4.78, 5) is 34.9. The number of carbonyl (C=O) groups is 3. The molecule has 144 valence electrons. The summed E-state index contributed by atoms with van der Waals surface area (Å²) in [5, 5.41) is 2.81. The molecule has 0 atom stereocenters. The average Bonchev–Trinajstić information content (AvgIpc) is 3.06. The molecule has 1 aromatic heterocycles. The highest BCUT2D eigenvalue weighted by Gasteiger charge is 2.15. The van der Waals surface area contributed by atoms with E-state index < -0.39 is 11.9 Å². The third kappa shape index (κ3) is 5.89. The van der Waals surface area contributed by atoms with Crippen LogP contribution in [0.5, 0.6) is 0 Å². The van der Waals surface area contributed by atoms with Crippen molar-refractivity contribution in [1.29, 1.82) is 0 Å². The summed E-state index contributed by atoms with van der Waals surface area (Å²) in [5.41, 5.74) is 1.74. The summed E-state index contributed by atoms with van der Waals surface area (Å²) >= 11 is 1.38. The summed E-state index contributed by atoms with van der Waals surface area (Å²) in [5.74, 6) is 0.885. The zero-order valence-corrected chi connectivity index (χ0v) is 16.2. The third-order valence-corrected chi connectivity index (χ3v) is 4.67. The highest BCUT2D eigenvalue weighted by atomic mass is 32.2. The Bertz CT molecular complexity index is 812. The first-order valence-electron chi connectivity index (χ1n) is 8.14. The molecule has 27 heavy (non-hydrogen) atoms. The second-order valence-corrected chi connectivity index (χ2v) is 6.62. The second-order valence-electron chi connectivity index (χ2n) is 5.63. The summed E-state index contributed by atoms with van der Waals surface area (Å²) in [6, 6.07) is 8.47. The van der Waals surface area contributed by atoms with Gasteiger partial charge in [-0.05, 0) is 30.7 Å². The van der Waals surface area contributed by atoms with Crippen molar-refractivity contribution in [3.63, 3.8) is 0 Å². The molecule has 0 aliphatic heterocycles. The molecule has 0 fully saturated rings. The Morgan fingerprint density at radius 3 is 2.37 bits per heavy atom. The molecule has 1 aromatic carbocycles. The fourth-order valence-electron chi connectivity index (χ4n) is 2.30. The smallest absolute Gasteiger partial charge is 0.341 e. The molecule has 0 saturated carbocycles. The third-order valence-electron chi connectivity index (χ3n) is 3.72. The van der Waals surface area contributed by atoms with Crippen LogP contribution in [0.2, 0.25) is 0 Å². The Balaban J connectivity index is 1.75. The Kier molecular flexibility index (Phi) is 7.48. The number of aryl methyl sites for hydroxylation is 1. The van der Waals surface area contributed by atoms with Gasteiger partial charge in [-0.3, -0.25) is 4.79 Å². The van der Waals surface area contributed by atoms with E-state index in [0.717, 1.165) is 5.56 Å². The van der Waals surface area contributed by atoms with Gasteiger partial charge in [-0.25, -0.2) is 9.59 Å². The molecular formula is C19H21NO6S. The van der Waals surface area contributed by atoms with Crippen molar-refractivity contribution < 1.29 is 28.3 Å². The van der Waals surface area contributed by atoms with Crippen molar-refractivity contribution in [1.82, 2.24) is 5.32 Å². The molecule has 1 amide bonds. The molecule has 0 radical (unpaired) electrons.